The lowest BCUT2D eigenvalue weighted by atomic mass is 10.1. The molecule has 0 radical (unpaired) electrons. The van der Waals surface area contributed by atoms with Crippen LogP contribution in [0.4, 0.5) is 10.5 Å². The Balaban J connectivity index is 1.66. The third-order valence-electron chi connectivity index (χ3n) is 4.68. The molecule has 0 aliphatic carbocycles. The number of nitrogens with zero attached hydrogens (tertiary/aromatic N) is 2. The average Bonchev–Trinajstić information content (AvgIpc) is 3.03. The van der Waals surface area contributed by atoms with Gasteiger partial charge in [-0.3, -0.25) is 4.79 Å². The molecule has 2 fully saturated rings. The van der Waals surface area contributed by atoms with Crippen molar-refractivity contribution in [1.29, 1.82) is 0 Å². The minimum Gasteiger partial charge on any atom is -0.383 e. The van der Waals surface area contributed by atoms with E-state index in [-0.39, 0.29) is 24.0 Å². The van der Waals surface area contributed by atoms with Crippen molar-refractivity contribution >= 4 is 17.6 Å². The van der Waals surface area contributed by atoms with Gasteiger partial charge in [-0.2, -0.15) is 0 Å². The molecule has 0 aromatic heterocycles. The Morgan fingerprint density at radius 1 is 1.39 bits per heavy atom. The Morgan fingerprint density at radius 3 is 2.96 bits per heavy atom. The van der Waals surface area contributed by atoms with Gasteiger partial charge in [0.1, 0.15) is 0 Å². The third kappa shape index (κ3) is 3.17. The lowest BCUT2D eigenvalue weighted by Gasteiger charge is -2.25. The lowest BCUT2D eigenvalue weighted by molar-refractivity contribution is -0.129. The molecule has 2 atom stereocenters. The number of nitrogens with one attached hydrogen (secondary N) is 1. The van der Waals surface area contributed by atoms with E-state index >= 15 is 0 Å². The van der Waals surface area contributed by atoms with Crippen LogP contribution in [0, 0.1) is 6.92 Å². The normalized spacial score (nSPS) is 23.3. The molecule has 2 aliphatic rings. The molecule has 1 aromatic rings. The van der Waals surface area contributed by atoms with Crippen LogP contribution in [0.1, 0.15) is 18.4 Å². The first-order valence-corrected chi connectivity index (χ1v) is 8.03. The second-order valence-corrected chi connectivity index (χ2v) is 6.20. The maximum absolute atomic E-state index is 12.6. The number of carbonyl (C=O) groups excluding carboxylic acids is 2. The van der Waals surface area contributed by atoms with Gasteiger partial charge in [-0.15, -0.1) is 0 Å². The average molecular weight is 317 g/mol. The van der Waals surface area contributed by atoms with E-state index in [0.29, 0.717) is 26.1 Å². The number of likely N-dealkylation sites (tertiary alicyclic amines) is 2. The van der Waals surface area contributed by atoms with Gasteiger partial charge in [-0.1, -0.05) is 12.1 Å². The number of aryl methyl sites for hydroxylation is 1. The Bertz CT molecular complexity index is 605. The third-order valence-corrected chi connectivity index (χ3v) is 4.68. The molecule has 2 saturated heterocycles. The van der Waals surface area contributed by atoms with Crippen molar-refractivity contribution in [3.63, 3.8) is 0 Å². The second-order valence-electron chi connectivity index (χ2n) is 6.20. The molecular weight excluding hydrogens is 294 g/mol. The molecule has 3 amide bonds. The topological polar surface area (TPSA) is 61.9 Å². The number of ether oxygens (including phenoxy) is 1. The highest BCUT2D eigenvalue weighted by atomic mass is 16.5. The summed E-state index contributed by atoms with van der Waals surface area (Å²) in [7, 11) is 1.63. The SMILES string of the molecule is COCCN1C(=O)CC2C1CCN2C(=O)Nc1cccc(C)c1. The van der Waals surface area contributed by atoms with E-state index in [1.54, 1.807) is 12.0 Å². The standard InChI is InChI=1S/C17H23N3O3/c1-12-4-3-5-13(10-12)18-17(22)20-7-6-14-15(20)11-16(21)19(14)8-9-23-2/h3-5,10,14-15H,6-9,11H2,1-2H3,(H,18,22). The summed E-state index contributed by atoms with van der Waals surface area (Å²) in [6.45, 7) is 3.81. The summed E-state index contributed by atoms with van der Waals surface area (Å²) in [5.41, 5.74) is 1.89. The van der Waals surface area contributed by atoms with Gasteiger partial charge in [0.15, 0.2) is 0 Å². The summed E-state index contributed by atoms with van der Waals surface area (Å²) in [6.07, 6.45) is 1.25. The molecule has 6 heteroatoms. The van der Waals surface area contributed by atoms with E-state index in [0.717, 1.165) is 17.7 Å². The van der Waals surface area contributed by atoms with Gasteiger partial charge in [0, 0.05) is 32.3 Å². The van der Waals surface area contributed by atoms with Crippen molar-refractivity contribution in [2.45, 2.75) is 31.8 Å². The number of anilines is 1. The van der Waals surface area contributed by atoms with E-state index in [9.17, 15) is 9.59 Å². The quantitative estimate of drug-likeness (QED) is 0.922. The first-order chi connectivity index (χ1) is 11.1. The van der Waals surface area contributed by atoms with Crippen molar-refractivity contribution in [2.75, 3.05) is 32.1 Å². The fraction of sp³-hybridized carbons (Fsp3) is 0.529. The van der Waals surface area contributed by atoms with Crippen LogP contribution in [0.15, 0.2) is 24.3 Å². The predicted molar refractivity (Wildman–Crippen MR) is 87.3 cm³/mol. The van der Waals surface area contributed by atoms with E-state index in [4.69, 9.17) is 4.74 Å². The fourth-order valence-corrected chi connectivity index (χ4v) is 3.58. The van der Waals surface area contributed by atoms with Crippen molar-refractivity contribution in [2.24, 2.45) is 0 Å². The number of carbonyl (C=O) groups is 2. The lowest BCUT2D eigenvalue weighted by Crippen LogP contribution is -2.42. The van der Waals surface area contributed by atoms with E-state index in [1.165, 1.54) is 0 Å². The number of amides is 3. The molecule has 1 N–H and O–H groups in total. The minimum atomic E-state index is -0.121. The van der Waals surface area contributed by atoms with Gasteiger partial charge >= 0.3 is 6.03 Å². The van der Waals surface area contributed by atoms with Crippen LogP contribution in [0.2, 0.25) is 0 Å². The molecule has 2 aliphatic heterocycles. The van der Waals surface area contributed by atoms with Crippen LogP contribution in [0.5, 0.6) is 0 Å². The molecule has 2 heterocycles. The highest BCUT2D eigenvalue weighted by molar-refractivity contribution is 5.91. The van der Waals surface area contributed by atoms with Crippen LogP contribution in [0.25, 0.3) is 0 Å². The van der Waals surface area contributed by atoms with Gasteiger partial charge in [-0.05, 0) is 31.0 Å². The minimum absolute atomic E-state index is 0.0239. The summed E-state index contributed by atoms with van der Waals surface area (Å²) >= 11 is 0. The van der Waals surface area contributed by atoms with Crippen LogP contribution in [0.3, 0.4) is 0 Å². The van der Waals surface area contributed by atoms with E-state index in [2.05, 4.69) is 5.32 Å². The van der Waals surface area contributed by atoms with Crippen LogP contribution in [-0.4, -0.2) is 60.6 Å². The molecule has 23 heavy (non-hydrogen) atoms. The van der Waals surface area contributed by atoms with Crippen molar-refractivity contribution in [3.05, 3.63) is 29.8 Å². The van der Waals surface area contributed by atoms with Crippen molar-refractivity contribution < 1.29 is 14.3 Å². The van der Waals surface area contributed by atoms with Gasteiger partial charge < -0.3 is 19.9 Å². The monoisotopic (exact) mass is 317 g/mol. The van der Waals surface area contributed by atoms with Gasteiger partial charge in [0.05, 0.1) is 18.7 Å². The van der Waals surface area contributed by atoms with Gasteiger partial charge in [-0.25, -0.2) is 4.79 Å². The van der Waals surface area contributed by atoms with E-state index < -0.39 is 0 Å². The zero-order valence-corrected chi connectivity index (χ0v) is 13.6. The molecule has 0 saturated carbocycles. The zero-order chi connectivity index (χ0) is 16.4. The highest BCUT2D eigenvalue weighted by Crippen LogP contribution is 2.32. The Labute approximate surface area is 136 Å². The summed E-state index contributed by atoms with van der Waals surface area (Å²) in [5, 5.41) is 2.94. The number of benzene rings is 1. The summed E-state index contributed by atoms with van der Waals surface area (Å²) in [5.74, 6) is 0.116. The second kappa shape index (κ2) is 6.58. The van der Waals surface area contributed by atoms with Crippen LogP contribution in [-0.2, 0) is 9.53 Å². The number of fused-ring (bicyclic) bond motifs is 1. The van der Waals surface area contributed by atoms with Gasteiger partial charge in [0.25, 0.3) is 0 Å². The fourth-order valence-electron chi connectivity index (χ4n) is 3.58. The van der Waals surface area contributed by atoms with Crippen molar-refractivity contribution in [1.82, 2.24) is 9.80 Å². The largest absolute Gasteiger partial charge is 0.383 e. The predicted octanol–water partition coefficient (Wildman–Crippen LogP) is 1.85. The summed E-state index contributed by atoms with van der Waals surface area (Å²) in [6, 6.07) is 7.71. The smallest absolute Gasteiger partial charge is 0.322 e. The van der Waals surface area contributed by atoms with Crippen LogP contribution >= 0.6 is 0 Å². The van der Waals surface area contributed by atoms with E-state index in [1.807, 2.05) is 36.1 Å². The highest BCUT2D eigenvalue weighted by Gasteiger charge is 2.48. The Kier molecular flexibility index (Phi) is 4.52. The number of hydrogen-bond acceptors (Lipinski definition) is 3. The Morgan fingerprint density at radius 2 is 2.22 bits per heavy atom. The van der Waals surface area contributed by atoms with Crippen molar-refractivity contribution in [3.8, 4) is 0 Å². The molecule has 0 bridgehead atoms. The molecular formula is C17H23N3O3. The zero-order valence-electron chi connectivity index (χ0n) is 13.6. The first kappa shape index (κ1) is 15.8. The molecule has 0 spiro atoms. The number of hydrogen-bond donors (Lipinski definition) is 1. The molecule has 2 unspecified atom stereocenters. The van der Waals surface area contributed by atoms with Crippen LogP contribution < -0.4 is 5.32 Å². The first-order valence-electron chi connectivity index (χ1n) is 8.03. The maximum Gasteiger partial charge on any atom is 0.322 e. The Hall–Kier alpha value is -2.08. The molecule has 3 rings (SSSR count). The molecule has 6 nitrogen and oxygen atoms in total. The maximum atomic E-state index is 12.6. The summed E-state index contributed by atoms with van der Waals surface area (Å²) in [4.78, 5) is 28.4. The molecule has 1 aromatic carbocycles. The van der Waals surface area contributed by atoms with Gasteiger partial charge in [0.2, 0.25) is 5.91 Å². The summed E-state index contributed by atoms with van der Waals surface area (Å²) < 4.78 is 5.08. The molecule has 124 valence electrons. The number of methoxy groups -OCH3 is 1. The number of urea groups is 1. The number of rotatable bonds is 4.